The Morgan fingerprint density at radius 1 is 1.32 bits per heavy atom. The monoisotopic (exact) mass is 275 g/mol. The summed E-state index contributed by atoms with van der Waals surface area (Å²) in [4.78, 5) is 4.32. The average molecular weight is 275 g/mol. The first-order chi connectivity index (χ1) is 9.24. The Kier molecular flexibility index (Phi) is 2.96. The number of aryl methyl sites for hydroxylation is 1. The van der Waals surface area contributed by atoms with Crippen LogP contribution in [-0.2, 0) is 0 Å². The molecule has 0 aliphatic heterocycles. The highest BCUT2D eigenvalue weighted by atomic mass is 32.1. The molecule has 0 radical (unpaired) electrons. The van der Waals surface area contributed by atoms with E-state index in [-0.39, 0.29) is 5.82 Å². The molecule has 0 atom stereocenters. The lowest BCUT2D eigenvalue weighted by Gasteiger charge is -2.01. The minimum Gasteiger partial charge on any atom is -0.328 e. The number of aromatic nitrogens is 4. The molecule has 7 heteroatoms. The first-order valence-electron chi connectivity index (χ1n) is 5.60. The van der Waals surface area contributed by atoms with Crippen molar-refractivity contribution in [1.82, 2.24) is 19.6 Å². The molecule has 1 aromatic carbocycles. The Bertz CT molecular complexity index is 705. The van der Waals surface area contributed by atoms with Gasteiger partial charge in [0.15, 0.2) is 5.82 Å². The van der Waals surface area contributed by atoms with Gasteiger partial charge in [-0.15, -0.1) is 0 Å². The van der Waals surface area contributed by atoms with E-state index in [4.69, 9.17) is 0 Å². The molecule has 0 bridgehead atoms. The number of H-pyrrole nitrogens is 1. The van der Waals surface area contributed by atoms with E-state index in [1.807, 2.05) is 6.92 Å². The van der Waals surface area contributed by atoms with Gasteiger partial charge >= 0.3 is 0 Å². The summed E-state index contributed by atoms with van der Waals surface area (Å²) in [5.41, 5.74) is 2.06. The maximum absolute atomic E-state index is 13.5. The zero-order valence-electron chi connectivity index (χ0n) is 10.0. The van der Waals surface area contributed by atoms with Crippen LogP contribution in [0.4, 0.5) is 15.2 Å². The fraction of sp³-hybridized carbons (Fsp3) is 0.0833. The van der Waals surface area contributed by atoms with E-state index in [0.29, 0.717) is 16.6 Å². The standard InChI is InChI=1S/C12H10FN5S/c1-7-8(6-14-17-7)11-16-12(19-18-11)15-10-5-3-2-4-9(10)13/h2-6H,1H3,(H,14,17)(H,15,16,18). The number of benzene rings is 1. The van der Waals surface area contributed by atoms with Crippen molar-refractivity contribution in [3.05, 3.63) is 42.0 Å². The number of rotatable bonds is 3. The highest BCUT2D eigenvalue weighted by molar-refractivity contribution is 7.09. The minimum absolute atomic E-state index is 0.321. The first-order valence-corrected chi connectivity index (χ1v) is 6.37. The normalized spacial score (nSPS) is 10.6. The molecular formula is C12H10FN5S. The second-order valence-electron chi connectivity index (χ2n) is 3.91. The van der Waals surface area contributed by atoms with Gasteiger partial charge in [0, 0.05) is 17.7 Å². The van der Waals surface area contributed by atoms with Crippen molar-refractivity contribution in [3.8, 4) is 11.4 Å². The van der Waals surface area contributed by atoms with Gasteiger partial charge in [0.1, 0.15) is 5.82 Å². The second kappa shape index (κ2) is 4.77. The Balaban J connectivity index is 1.87. The van der Waals surface area contributed by atoms with Gasteiger partial charge in [-0.3, -0.25) is 5.10 Å². The second-order valence-corrected chi connectivity index (χ2v) is 4.66. The quantitative estimate of drug-likeness (QED) is 0.770. The predicted octanol–water partition coefficient (Wildman–Crippen LogP) is 3.12. The summed E-state index contributed by atoms with van der Waals surface area (Å²) >= 11 is 1.18. The zero-order valence-corrected chi connectivity index (χ0v) is 10.8. The maximum Gasteiger partial charge on any atom is 0.207 e. The van der Waals surface area contributed by atoms with E-state index in [0.717, 1.165) is 11.3 Å². The Morgan fingerprint density at radius 2 is 2.16 bits per heavy atom. The fourth-order valence-corrected chi connectivity index (χ4v) is 2.24. The fourth-order valence-electron chi connectivity index (χ4n) is 1.65. The number of halogens is 1. The molecule has 2 N–H and O–H groups in total. The van der Waals surface area contributed by atoms with Crippen LogP contribution in [0.15, 0.2) is 30.5 Å². The predicted molar refractivity (Wildman–Crippen MR) is 71.9 cm³/mol. The number of hydrogen-bond donors (Lipinski definition) is 2. The number of para-hydroxylation sites is 1. The van der Waals surface area contributed by atoms with Crippen LogP contribution >= 0.6 is 11.5 Å². The topological polar surface area (TPSA) is 66.5 Å². The lowest BCUT2D eigenvalue weighted by atomic mass is 10.2. The van der Waals surface area contributed by atoms with Gasteiger partial charge in [0.25, 0.3) is 0 Å². The van der Waals surface area contributed by atoms with E-state index >= 15 is 0 Å². The van der Waals surface area contributed by atoms with Crippen LogP contribution in [0.3, 0.4) is 0 Å². The lowest BCUT2D eigenvalue weighted by molar-refractivity contribution is 0.632. The number of hydrogen-bond acceptors (Lipinski definition) is 5. The van der Waals surface area contributed by atoms with E-state index in [1.165, 1.54) is 17.6 Å². The average Bonchev–Trinajstić information content (AvgIpc) is 3.01. The highest BCUT2D eigenvalue weighted by Gasteiger charge is 2.11. The van der Waals surface area contributed by atoms with Crippen molar-refractivity contribution < 1.29 is 4.39 Å². The largest absolute Gasteiger partial charge is 0.328 e. The zero-order chi connectivity index (χ0) is 13.2. The van der Waals surface area contributed by atoms with E-state index in [9.17, 15) is 4.39 Å². The molecule has 0 spiro atoms. The first kappa shape index (κ1) is 11.8. The third-order valence-electron chi connectivity index (χ3n) is 2.61. The van der Waals surface area contributed by atoms with Crippen LogP contribution in [0.2, 0.25) is 0 Å². The van der Waals surface area contributed by atoms with Crippen LogP contribution < -0.4 is 5.32 Å². The van der Waals surface area contributed by atoms with Gasteiger partial charge in [-0.05, 0) is 19.1 Å². The molecule has 19 heavy (non-hydrogen) atoms. The molecule has 0 aliphatic carbocycles. The Hall–Kier alpha value is -2.28. The minimum atomic E-state index is -0.321. The van der Waals surface area contributed by atoms with Gasteiger partial charge in [0.05, 0.1) is 16.9 Å². The van der Waals surface area contributed by atoms with E-state index in [1.54, 1.807) is 24.4 Å². The number of nitrogens with one attached hydrogen (secondary N) is 2. The number of anilines is 2. The SMILES string of the molecule is Cc1n[nH]cc1-c1nsc(Nc2ccccc2F)n1. The third kappa shape index (κ3) is 2.32. The van der Waals surface area contributed by atoms with Gasteiger partial charge < -0.3 is 5.32 Å². The molecule has 0 unspecified atom stereocenters. The van der Waals surface area contributed by atoms with Gasteiger partial charge in [-0.25, -0.2) is 4.39 Å². The van der Waals surface area contributed by atoms with Crippen molar-refractivity contribution in [2.45, 2.75) is 6.92 Å². The van der Waals surface area contributed by atoms with Crippen molar-refractivity contribution >= 4 is 22.4 Å². The summed E-state index contributed by atoms with van der Waals surface area (Å²) in [5.74, 6) is 0.258. The molecule has 0 aliphatic rings. The van der Waals surface area contributed by atoms with Crippen LogP contribution in [0.25, 0.3) is 11.4 Å². The third-order valence-corrected chi connectivity index (χ3v) is 3.24. The van der Waals surface area contributed by atoms with E-state index < -0.39 is 0 Å². The molecule has 0 saturated heterocycles. The summed E-state index contributed by atoms with van der Waals surface area (Å²) in [6, 6.07) is 6.44. The summed E-state index contributed by atoms with van der Waals surface area (Å²) in [5, 5.41) is 10.2. The number of nitrogens with zero attached hydrogens (tertiary/aromatic N) is 3. The van der Waals surface area contributed by atoms with Crippen molar-refractivity contribution in [2.24, 2.45) is 0 Å². The molecule has 3 rings (SSSR count). The molecular weight excluding hydrogens is 265 g/mol. The molecule has 5 nitrogen and oxygen atoms in total. The summed E-state index contributed by atoms with van der Waals surface area (Å²) in [7, 11) is 0. The lowest BCUT2D eigenvalue weighted by Crippen LogP contribution is -1.92. The van der Waals surface area contributed by atoms with Crippen molar-refractivity contribution in [2.75, 3.05) is 5.32 Å². The number of aromatic amines is 1. The smallest absolute Gasteiger partial charge is 0.207 e. The van der Waals surface area contributed by atoms with Crippen LogP contribution in [0.1, 0.15) is 5.69 Å². The molecule has 0 saturated carbocycles. The van der Waals surface area contributed by atoms with Crippen LogP contribution in [-0.4, -0.2) is 19.6 Å². The van der Waals surface area contributed by atoms with Crippen molar-refractivity contribution in [3.63, 3.8) is 0 Å². The van der Waals surface area contributed by atoms with Crippen LogP contribution in [0, 0.1) is 12.7 Å². The summed E-state index contributed by atoms with van der Waals surface area (Å²) < 4.78 is 17.7. The van der Waals surface area contributed by atoms with E-state index in [2.05, 4.69) is 24.9 Å². The van der Waals surface area contributed by atoms with Crippen LogP contribution in [0.5, 0.6) is 0 Å². The highest BCUT2D eigenvalue weighted by Crippen LogP contribution is 2.25. The van der Waals surface area contributed by atoms with Gasteiger partial charge in [-0.1, -0.05) is 12.1 Å². The molecule has 2 aromatic heterocycles. The Labute approximate surface area is 112 Å². The molecule has 2 heterocycles. The molecule has 3 aromatic rings. The molecule has 0 fully saturated rings. The summed E-state index contributed by atoms with van der Waals surface area (Å²) in [6.45, 7) is 1.87. The Morgan fingerprint density at radius 3 is 2.89 bits per heavy atom. The van der Waals surface area contributed by atoms with Crippen molar-refractivity contribution in [1.29, 1.82) is 0 Å². The maximum atomic E-state index is 13.5. The van der Waals surface area contributed by atoms with Gasteiger partial charge in [0.2, 0.25) is 5.13 Å². The van der Waals surface area contributed by atoms with Gasteiger partial charge in [-0.2, -0.15) is 14.5 Å². The summed E-state index contributed by atoms with van der Waals surface area (Å²) in [6.07, 6.45) is 1.74. The molecule has 0 amide bonds. The molecule has 96 valence electrons.